The summed E-state index contributed by atoms with van der Waals surface area (Å²) in [5.41, 5.74) is 0.469. The van der Waals surface area contributed by atoms with E-state index in [2.05, 4.69) is 26.1 Å². The van der Waals surface area contributed by atoms with Crippen LogP contribution in [-0.2, 0) is 0 Å². The Morgan fingerprint density at radius 3 is 2.22 bits per heavy atom. The Hall–Kier alpha value is -0.0400. The SMILES string of the molecule is CC(C)(C)C(CCC1CCCCC1)CNC1CC1. The number of nitrogens with one attached hydrogen (secondary N) is 1. The van der Waals surface area contributed by atoms with Crippen molar-refractivity contribution >= 4 is 0 Å². The van der Waals surface area contributed by atoms with Gasteiger partial charge < -0.3 is 5.32 Å². The summed E-state index contributed by atoms with van der Waals surface area (Å²) in [6.07, 6.45) is 13.2. The summed E-state index contributed by atoms with van der Waals surface area (Å²) in [5, 5.41) is 3.75. The molecule has 1 unspecified atom stereocenters. The van der Waals surface area contributed by atoms with Crippen molar-refractivity contribution in [3.8, 4) is 0 Å². The van der Waals surface area contributed by atoms with E-state index in [1.54, 1.807) is 0 Å². The Bertz CT molecular complexity index is 230. The molecule has 0 saturated heterocycles. The van der Waals surface area contributed by atoms with E-state index in [0.717, 1.165) is 17.9 Å². The first-order valence-corrected chi connectivity index (χ1v) is 8.29. The highest BCUT2D eigenvalue weighted by atomic mass is 14.9. The van der Waals surface area contributed by atoms with Crippen molar-refractivity contribution in [1.29, 1.82) is 0 Å². The van der Waals surface area contributed by atoms with E-state index < -0.39 is 0 Å². The van der Waals surface area contributed by atoms with Gasteiger partial charge in [-0.2, -0.15) is 0 Å². The predicted octanol–water partition coefficient (Wildman–Crippen LogP) is 4.76. The molecule has 0 heterocycles. The molecule has 2 aliphatic carbocycles. The van der Waals surface area contributed by atoms with Crippen molar-refractivity contribution in [3.05, 3.63) is 0 Å². The molecule has 0 spiro atoms. The van der Waals surface area contributed by atoms with Gasteiger partial charge in [-0.15, -0.1) is 0 Å². The van der Waals surface area contributed by atoms with Crippen LogP contribution < -0.4 is 5.32 Å². The molecule has 0 aromatic carbocycles. The largest absolute Gasteiger partial charge is 0.314 e. The first kappa shape index (κ1) is 14.4. The van der Waals surface area contributed by atoms with Crippen LogP contribution >= 0.6 is 0 Å². The lowest BCUT2D eigenvalue weighted by atomic mass is 9.75. The molecule has 1 atom stereocenters. The topological polar surface area (TPSA) is 12.0 Å². The first-order chi connectivity index (χ1) is 8.55. The van der Waals surface area contributed by atoms with Gasteiger partial charge in [-0.1, -0.05) is 59.3 Å². The normalized spacial score (nSPS) is 24.2. The molecular formula is C17H33N. The average Bonchev–Trinajstić information content (AvgIpc) is 3.12. The van der Waals surface area contributed by atoms with Crippen LogP contribution in [0.2, 0.25) is 0 Å². The van der Waals surface area contributed by atoms with E-state index in [0.29, 0.717) is 5.41 Å². The van der Waals surface area contributed by atoms with E-state index in [1.807, 2.05) is 0 Å². The van der Waals surface area contributed by atoms with Crippen LogP contribution in [0.25, 0.3) is 0 Å². The molecule has 2 saturated carbocycles. The first-order valence-electron chi connectivity index (χ1n) is 8.29. The van der Waals surface area contributed by atoms with Gasteiger partial charge in [0.15, 0.2) is 0 Å². The third kappa shape index (κ3) is 4.91. The number of hydrogen-bond acceptors (Lipinski definition) is 1. The van der Waals surface area contributed by atoms with E-state index in [4.69, 9.17) is 0 Å². The standard InChI is InChI=1S/C17H33N/c1-17(2,3)15(13-18-16-11-12-16)10-9-14-7-5-4-6-8-14/h14-16,18H,4-13H2,1-3H3. The maximum atomic E-state index is 3.75. The molecule has 0 radical (unpaired) electrons. The lowest BCUT2D eigenvalue weighted by Crippen LogP contribution is -2.33. The number of hydrogen-bond donors (Lipinski definition) is 1. The Morgan fingerprint density at radius 1 is 1.00 bits per heavy atom. The highest BCUT2D eigenvalue weighted by molar-refractivity contribution is 4.85. The van der Waals surface area contributed by atoms with Crippen LogP contribution in [-0.4, -0.2) is 12.6 Å². The van der Waals surface area contributed by atoms with Gasteiger partial charge in [-0.3, -0.25) is 0 Å². The van der Waals surface area contributed by atoms with Crippen LogP contribution in [0, 0.1) is 17.3 Å². The molecule has 0 bridgehead atoms. The summed E-state index contributed by atoms with van der Waals surface area (Å²) in [5.74, 6) is 1.91. The quantitative estimate of drug-likeness (QED) is 0.717. The molecule has 2 aliphatic rings. The zero-order valence-corrected chi connectivity index (χ0v) is 12.8. The van der Waals surface area contributed by atoms with Gasteiger partial charge in [0, 0.05) is 6.04 Å². The van der Waals surface area contributed by atoms with Crippen molar-refractivity contribution in [2.24, 2.45) is 17.3 Å². The molecule has 1 heteroatoms. The summed E-state index contributed by atoms with van der Waals surface area (Å²) in [6.45, 7) is 8.52. The minimum Gasteiger partial charge on any atom is -0.314 e. The minimum absolute atomic E-state index is 0.469. The van der Waals surface area contributed by atoms with Crippen molar-refractivity contribution < 1.29 is 0 Å². The average molecular weight is 251 g/mol. The molecule has 0 aromatic rings. The molecule has 0 aromatic heterocycles. The Kier molecular flexibility index (Phi) is 5.12. The fourth-order valence-corrected chi connectivity index (χ4v) is 3.35. The second-order valence-electron chi connectivity index (χ2n) is 7.83. The molecule has 0 amide bonds. The van der Waals surface area contributed by atoms with E-state index in [-0.39, 0.29) is 0 Å². The van der Waals surface area contributed by atoms with Crippen LogP contribution in [0.3, 0.4) is 0 Å². The molecule has 2 fully saturated rings. The maximum absolute atomic E-state index is 3.75. The third-order valence-corrected chi connectivity index (χ3v) is 5.10. The van der Waals surface area contributed by atoms with Crippen molar-refractivity contribution in [2.75, 3.05) is 6.54 Å². The van der Waals surface area contributed by atoms with Gasteiger partial charge in [-0.25, -0.2) is 0 Å². The minimum atomic E-state index is 0.469. The molecule has 1 nitrogen and oxygen atoms in total. The molecule has 2 rings (SSSR count). The van der Waals surface area contributed by atoms with Crippen molar-refractivity contribution in [3.63, 3.8) is 0 Å². The van der Waals surface area contributed by atoms with Crippen LogP contribution in [0.4, 0.5) is 0 Å². The fraction of sp³-hybridized carbons (Fsp3) is 1.00. The summed E-state index contributed by atoms with van der Waals surface area (Å²) in [4.78, 5) is 0. The summed E-state index contributed by atoms with van der Waals surface area (Å²) >= 11 is 0. The van der Waals surface area contributed by atoms with Gasteiger partial charge in [-0.05, 0) is 43.1 Å². The monoisotopic (exact) mass is 251 g/mol. The molecule has 106 valence electrons. The van der Waals surface area contributed by atoms with Gasteiger partial charge in [0.1, 0.15) is 0 Å². The van der Waals surface area contributed by atoms with E-state index in [9.17, 15) is 0 Å². The predicted molar refractivity (Wildman–Crippen MR) is 79.8 cm³/mol. The molecule has 1 N–H and O–H groups in total. The zero-order valence-electron chi connectivity index (χ0n) is 12.8. The zero-order chi connectivity index (χ0) is 13.0. The lowest BCUT2D eigenvalue weighted by molar-refractivity contribution is 0.194. The third-order valence-electron chi connectivity index (χ3n) is 5.10. The van der Waals surface area contributed by atoms with Gasteiger partial charge in [0.2, 0.25) is 0 Å². The molecule has 18 heavy (non-hydrogen) atoms. The Balaban J connectivity index is 1.72. The van der Waals surface area contributed by atoms with E-state index in [1.165, 1.54) is 64.3 Å². The molecular weight excluding hydrogens is 218 g/mol. The lowest BCUT2D eigenvalue weighted by Gasteiger charge is -2.33. The van der Waals surface area contributed by atoms with Crippen LogP contribution in [0.15, 0.2) is 0 Å². The second kappa shape index (κ2) is 6.41. The van der Waals surface area contributed by atoms with Gasteiger partial charge in [0.05, 0.1) is 0 Å². The Morgan fingerprint density at radius 2 is 1.67 bits per heavy atom. The fourth-order valence-electron chi connectivity index (χ4n) is 3.35. The highest BCUT2D eigenvalue weighted by Gasteiger charge is 2.28. The highest BCUT2D eigenvalue weighted by Crippen LogP contribution is 2.34. The molecule has 0 aliphatic heterocycles. The summed E-state index contributed by atoms with van der Waals surface area (Å²) < 4.78 is 0. The van der Waals surface area contributed by atoms with Crippen LogP contribution in [0.1, 0.15) is 78.6 Å². The maximum Gasteiger partial charge on any atom is 0.00683 e. The number of rotatable bonds is 6. The van der Waals surface area contributed by atoms with E-state index >= 15 is 0 Å². The summed E-state index contributed by atoms with van der Waals surface area (Å²) in [6, 6.07) is 0.865. The smallest absolute Gasteiger partial charge is 0.00683 e. The summed E-state index contributed by atoms with van der Waals surface area (Å²) in [7, 11) is 0. The van der Waals surface area contributed by atoms with Crippen molar-refractivity contribution in [1.82, 2.24) is 5.32 Å². The second-order valence-corrected chi connectivity index (χ2v) is 7.83. The van der Waals surface area contributed by atoms with Crippen molar-refractivity contribution in [2.45, 2.75) is 84.6 Å². The van der Waals surface area contributed by atoms with Gasteiger partial charge in [0.25, 0.3) is 0 Å². The Labute approximate surface area is 114 Å². The van der Waals surface area contributed by atoms with Crippen LogP contribution in [0.5, 0.6) is 0 Å². The van der Waals surface area contributed by atoms with Gasteiger partial charge >= 0.3 is 0 Å².